The highest BCUT2D eigenvalue weighted by atomic mass is 16.5. The Bertz CT molecular complexity index is 558. The van der Waals surface area contributed by atoms with Gasteiger partial charge in [-0.25, -0.2) is 5.01 Å². The Balaban J connectivity index is 1.74. The highest BCUT2D eigenvalue weighted by Crippen LogP contribution is 2.14. The molecule has 94 valence electrons. The van der Waals surface area contributed by atoms with E-state index in [2.05, 4.69) is 10.4 Å². The standard InChI is InChI=1S/C13H15N3O2/c17-13(15-16-5-7-18-8-6-16)11-1-2-12-10(9-11)3-4-14-12/h1-4,9,14H,5-8H2,(H,15,17). The maximum Gasteiger partial charge on any atom is 0.265 e. The molecule has 1 aliphatic rings. The first-order chi connectivity index (χ1) is 8.83. The average molecular weight is 245 g/mol. The molecule has 2 N–H and O–H groups in total. The number of benzene rings is 1. The van der Waals surface area contributed by atoms with Crippen LogP contribution in [-0.4, -0.2) is 42.2 Å². The lowest BCUT2D eigenvalue weighted by molar-refractivity contribution is 0.0126. The number of rotatable bonds is 2. The minimum Gasteiger partial charge on any atom is -0.379 e. The van der Waals surface area contributed by atoms with Crippen molar-refractivity contribution in [1.82, 2.24) is 15.4 Å². The van der Waals surface area contributed by atoms with Gasteiger partial charge in [-0.3, -0.25) is 10.2 Å². The number of nitrogens with zero attached hydrogens (tertiary/aromatic N) is 1. The van der Waals surface area contributed by atoms with Gasteiger partial charge in [-0.1, -0.05) is 0 Å². The largest absolute Gasteiger partial charge is 0.379 e. The molecule has 0 bridgehead atoms. The van der Waals surface area contributed by atoms with Crippen LogP contribution >= 0.6 is 0 Å². The van der Waals surface area contributed by atoms with Gasteiger partial charge in [-0.2, -0.15) is 0 Å². The lowest BCUT2D eigenvalue weighted by atomic mass is 10.1. The van der Waals surface area contributed by atoms with E-state index in [1.54, 1.807) is 0 Å². The Morgan fingerprint density at radius 2 is 2.11 bits per heavy atom. The Kier molecular flexibility index (Phi) is 3.00. The van der Waals surface area contributed by atoms with Gasteiger partial charge in [0.25, 0.3) is 5.91 Å². The highest BCUT2D eigenvalue weighted by Gasteiger charge is 2.14. The number of hydrazine groups is 1. The number of amides is 1. The SMILES string of the molecule is O=C(NN1CCOCC1)c1ccc2[nH]ccc2c1. The van der Waals surface area contributed by atoms with E-state index in [4.69, 9.17) is 4.74 Å². The number of morpholine rings is 1. The Labute approximate surface area is 105 Å². The van der Waals surface area contributed by atoms with E-state index >= 15 is 0 Å². The second kappa shape index (κ2) is 4.80. The van der Waals surface area contributed by atoms with Gasteiger partial charge in [0.2, 0.25) is 0 Å². The van der Waals surface area contributed by atoms with Crippen molar-refractivity contribution in [3.8, 4) is 0 Å². The summed E-state index contributed by atoms with van der Waals surface area (Å²) in [7, 11) is 0. The van der Waals surface area contributed by atoms with Crippen LogP contribution in [0.15, 0.2) is 30.5 Å². The number of aromatic amines is 1. The summed E-state index contributed by atoms with van der Waals surface area (Å²) >= 11 is 0. The molecule has 1 aromatic carbocycles. The Morgan fingerprint density at radius 3 is 2.94 bits per heavy atom. The zero-order valence-electron chi connectivity index (χ0n) is 9.98. The molecule has 3 rings (SSSR count). The quantitative estimate of drug-likeness (QED) is 0.834. The fourth-order valence-corrected chi connectivity index (χ4v) is 2.08. The smallest absolute Gasteiger partial charge is 0.265 e. The van der Waals surface area contributed by atoms with Crippen LogP contribution in [0, 0.1) is 0 Å². The minimum absolute atomic E-state index is 0.0694. The first kappa shape index (κ1) is 11.3. The van der Waals surface area contributed by atoms with Crippen LogP contribution in [0.5, 0.6) is 0 Å². The molecule has 1 fully saturated rings. The predicted molar refractivity (Wildman–Crippen MR) is 68.2 cm³/mol. The number of carbonyl (C=O) groups is 1. The summed E-state index contributed by atoms with van der Waals surface area (Å²) in [6.45, 7) is 2.80. The molecule has 2 aromatic rings. The van der Waals surface area contributed by atoms with Crippen LogP contribution in [0.25, 0.3) is 10.9 Å². The van der Waals surface area contributed by atoms with Crippen LogP contribution in [0.4, 0.5) is 0 Å². The third-order valence-corrected chi connectivity index (χ3v) is 3.09. The molecule has 0 atom stereocenters. The van der Waals surface area contributed by atoms with Gasteiger partial charge >= 0.3 is 0 Å². The number of fused-ring (bicyclic) bond motifs is 1. The van der Waals surface area contributed by atoms with E-state index in [1.165, 1.54) is 0 Å². The van der Waals surface area contributed by atoms with E-state index in [1.807, 2.05) is 35.5 Å². The third-order valence-electron chi connectivity index (χ3n) is 3.09. The van der Waals surface area contributed by atoms with Gasteiger partial charge in [0.05, 0.1) is 13.2 Å². The molecule has 1 amide bonds. The molecule has 0 aliphatic carbocycles. The molecule has 5 nitrogen and oxygen atoms in total. The van der Waals surface area contributed by atoms with E-state index in [0.29, 0.717) is 18.8 Å². The van der Waals surface area contributed by atoms with Crippen molar-refractivity contribution in [3.63, 3.8) is 0 Å². The van der Waals surface area contributed by atoms with Gasteiger partial charge in [-0.15, -0.1) is 0 Å². The third kappa shape index (κ3) is 2.23. The molecule has 0 radical (unpaired) electrons. The number of hydrogen-bond donors (Lipinski definition) is 2. The Morgan fingerprint density at radius 1 is 1.28 bits per heavy atom. The molecule has 2 heterocycles. The fraction of sp³-hybridized carbons (Fsp3) is 0.308. The molecule has 0 saturated carbocycles. The van der Waals surface area contributed by atoms with E-state index in [-0.39, 0.29) is 5.91 Å². The van der Waals surface area contributed by atoms with Crippen LogP contribution in [-0.2, 0) is 4.74 Å². The summed E-state index contributed by atoms with van der Waals surface area (Å²) in [5.74, 6) is -0.0694. The predicted octanol–water partition coefficient (Wildman–Crippen LogP) is 1.14. The Hall–Kier alpha value is -1.85. The van der Waals surface area contributed by atoms with Crippen molar-refractivity contribution < 1.29 is 9.53 Å². The first-order valence-electron chi connectivity index (χ1n) is 6.04. The number of H-pyrrole nitrogens is 1. The van der Waals surface area contributed by atoms with Crippen molar-refractivity contribution in [1.29, 1.82) is 0 Å². The molecule has 0 unspecified atom stereocenters. The average Bonchev–Trinajstić information content (AvgIpc) is 2.87. The lowest BCUT2D eigenvalue weighted by Gasteiger charge is -2.26. The summed E-state index contributed by atoms with van der Waals surface area (Å²) in [5, 5.41) is 2.94. The lowest BCUT2D eigenvalue weighted by Crippen LogP contribution is -2.48. The topological polar surface area (TPSA) is 57.4 Å². The first-order valence-corrected chi connectivity index (χ1v) is 6.04. The number of ether oxygens (including phenoxy) is 1. The molecule has 1 saturated heterocycles. The normalized spacial score (nSPS) is 16.9. The van der Waals surface area contributed by atoms with E-state index in [0.717, 1.165) is 24.0 Å². The molecule has 1 aliphatic heterocycles. The summed E-state index contributed by atoms with van der Waals surface area (Å²) in [4.78, 5) is 15.2. The molecule has 5 heteroatoms. The van der Waals surface area contributed by atoms with Gasteiger partial charge in [0.1, 0.15) is 0 Å². The molecular formula is C13H15N3O2. The summed E-state index contributed by atoms with van der Waals surface area (Å²) in [6, 6.07) is 7.60. The summed E-state index contributed by atoms with van der Waals surface area (Å²) in [6.07, 6.45) is 1.87. The highest BCUT2D eigenvalue weighted by molar-refractivity contribution is 5.97. The van der Waals surface area contributed by atoms with Crippen molar-refractivity contribution >= 4 is 16.8 Å². The number of carbonyl (C=O) groups excluding carboxylic acids is 1. The fourth-order valence-electron chi connectivity index (χ4n) is 2.08. The van der Waals surface area contributed by atoms with Crippen LogP contribution in [0.3, 0.4) is 0 Å². The zero-order valence-corrected chi connectivity index (χ0v) is 9.98. The zero-order chi connectivity index (χ0) is 12.4. The van der Waals surface area contributed by atoms with Crippen LogP contribution in [0.1, 0.15) is 10.4 Å². The van der Waals surface area contributed by atoms with E-state index in [9.17, 15) is 4.79 Å². The second-order valence-electron chi connectivity index (χ2n) is 4.32. The van der Waals surface area contributed by atoms with Crippen LogP contribution < -0.4 is 5.43 Å². The maximum atomic E-state index is 12.1. The summed E-state index contributed by atoms with van der Waals surface area (Å²) in [5.41, 5.74) is 4.61. The van der Waals surface area contributed by atoms with Crippen molar-refractivity contribution in [2.24, 2.45) is 0 Å². The number of nitrogens with one attached hydrogen (secondary N) is 2. The van der Waals surface area contributed by atoms with Crippen molar-refractivity contribution in [2.75, 3.05) is 26.3 Å². The van der Waals surface area contributed by atoms with Gasteiger partial charge in [0.15, 0.2) is 0 Å². The maximum absolute atomic E-state index is 12.1. The summed E-state index contributed by atoms with van der Waals surface area (Å²) < 4.78 is 5.24. The minimum atomic E-state index is -0.0694. The van der Waals surface area contributed by atoms with Gasteiger partial charge in [0, 0.05) is 35.8 Å². The van der Waals surface area contributed by atoms with Crippen LogP contribution in [0.2, 0.25) is 0 Å². The van der Waals surface area contributed by atoms with Crippen molar-refractivity contribution in [3.05, 3.63) is 36.0 Å². The number of hydrogen-bond acceptors (Lipinski definition) is 3. The van der Waals surface area contributed by atoms with E-state index < -0.39 is 0 Å². The molecule has 18 heavy (non-hydrogen) atoms. The monoisotopic (exact) mass is 245 g/mol. The number of aromatic nitrogens is 1. The molecule has 1 aromatic heterocycles. The molecular weight excluding hydrogens is 230 g/mol. The van der Waals surface area contributed by atoms with Gasteiger partial charge < -0.3 is 9.72 Å². The second-order valence-corrected chi connectivity index (χ2v) is 4.32. The van der Waals surface area contributed by atoms with Gasteiger partial charge in [-0.05, 0) is 24.3 Å². The van der Waals surface area contributed by atoms with Crippen molar-refractivity contribution in [2.45, 2.75) is 0 Å². The molecule has 0 spiro atoms.